The highest BCUT2D eigenvalue weighted by Gasteiger charge is 2.23. The van der Waals surface area contributed by atoms with Gasteiger partial charge in [-0.25, -0.2) is 0 Å². The van der Waals surface area contributed by atoms with E-state index in [-0.39, 0.29) is 18.4 Å². The number of hydrogen-bond donors (Lipinski definition) is 2. The number of ether oxygens (including phenoxy) is 1. The zero-order valence-corrected chi connectivity index (χ0v) is 17.9. The average molecular weight is 418 g/mol. The molecule has 1 saturated carbocycles. The van der Waals surface area contributed by atoms with Gasteiger partial charge in [-0.15, -0.1) is 0 Å². The second kappa shape index (κ2) is 9.16. The lowest BCUT2D eigenvalue weighted by molar-refractivity contribution is -0.123. The average Bonchev–Trinajstić information content (AvgIpc) is 3.57. The van der Waals surface area contributed by atoms with Crippen molar-refractivity contribution in [1.29, 1.82) is 0 Å². The van der Waals surface area contributed by atoms with E-state index >= 15 is 0 Å². The molecule has 4 rings (SSSR count). The summed E-state index contributed by atoms with van der Waals surface area (Å²) in [5.41, 5.74) is 4.44. The van der Waals surface area contributed by atoms with Crippen molar-refractivity contribution in [2.24, 2.45) is 0 Å². The number of carbonyl (C=O) groups excluding carboxylic acids is 2. The van der Waals surface area contributed by atoms with Crippen LogP contribution in [-0.2, 0) is 11.2 Å². The zero-order chi connectivity index (χ0) is 21.8. The summed E-state index contributed by atoms with van der Waals surface area (Å²) in [4.78, 5) is 28.9. The van der Waals surface area contributed by atoms with E-state index in [0.717, 1.165) is 40.6 Å². The number of nitrogens with one attached hydrogen (secondary N) is 2. The normalized spacial score (nSPS) is 13.1. The van der Waals surface area contributed by atoms with E-state index in [9.17, 15) is 9.59 Å². The molecule has 1 aliphatic rings. The van der Waals surface area contributed by atoms with Crippen molar-refractivity contribution >= 4 is 22.7 Å². The van der Waals surface area contributed by atoms with Crippen LogP contribution in [0, 0.1) is 13.8 Å². The van der Waals surface area contributed by atoms with Crippen molar-refractivity contribution in [3.05, 3.63) is 70.9 Å². The maximum absolute atomic E-state index is 12.7. The Morgan fingerprint density at radius 1 is 1.06 bits per heavy atom. The van der Waals surface area contributed by atoms with Crippen molar-refractivity contribution in [1.82, 2.24) is 15.6 Å². The van der Waals surface area contributed by atoms with Gasteiger partial charge in [0.15, 0.2) is 6.61 Å². The van der Waals surface area contributed by atoms with Crippen molar-refractivity contribution in [3.63, 3.8) is 0 Å². The van der Waals surface area contributed by atoms with E-state index in [1.54, 1.807) is 0 Å². The molecule has 0 radical (unpaired) electrons. The molecule has 0 saturated heterocycles. The molecule has 31 heavy (non-hydrogen) atoms. The molecule has 1 aliphatic carbocycles. The first-order valence-corrected chi connectivity index (χ1v) is 10.7. The third-order valence-corrected chi connectivity index (χ3v) is 5.34. The summed E-state index contributed by atoms with van der Waals surface area (Å²) in [5.74, 6) is 0.463. The molecule has 1 fully saturated rings. The highest BCUT2D eigenvalue weighted by molar-refractivity contribution is 5.98. The first-order valence-electron chi connectivity index (χ1n) is 10.7. The number of pyridine rings is 1. The number of aryl methyl sites for hydroxylation is 2. The third-order valence-electron chi connectivity index (χ3n) is 5.34. The van der Waals surface area contributed by atoms with Gasteiger partial charge in [0, 0.05) is 18.0 Å². The van der Waals surface area contributed by atoms with Gasteiger partial charge in [0.1, 0.15) is 5.75 Å². The largest absolute Gasteiger partial charge is 0.484 e. The Hall–Kier alpha value is -3.41. The molecule has 0 unspecified atom stereocenters. The van der Waals surface area contributed by atoms with Crippen LogP contribution < -0.4 is 15.4 Å². The number of benzene rings is 2. The first-order chi connectivity index (χ1) is 15.0. The Bertz CT molecular complexity index is 1100. The highest BCUT2D eigenvalue weighted by atomic mass is 16.5. The molecule has 1 aromatic heterocycles. The van der Waals surface area contributed by atoms with Gasteiger partial charge >= 0.3 is 0 Å². The molecule has 3 aromatic rings. The van der Waals surface area contributed by atoms with E-state index in [1.165, 1.54) is 0 Å². The number of rotatable bonds is 8. The van der Waals surface area contributed by atoms with Gasteiger partial charge in [-0.3, -0.25) is 14.6 Å². The molecule has 1 heterocycles. The molecule has 2 amide bonds. The van der Waals surface area contributed by atoms with Crippen molar-refractivity contribution < 1.29 is 14.3 Å². The van der Waals surface area contributed by atoms with Gasteiger partial charge in [-0.2, -0.15) is 0 Å². The topological polar surface area (TPSA) is 80.3 Å². The molecule has 2 aromatic carbocycles. The van der Waals surface area contributed by atoms with E-state index in [2.05, 4.69) is 15.6 Å². The molecule has 2 N–H and O–H groups in total. The Morgan fingerprint density at radius 3 is 2.58 bits per heavy atom. The van der Waals surface area contributed by atoms with Crippen molar-refractivity contribution in [2.75, 3.05) is 13.2 Å². The number of amides is 2. The van der Waals surface area contributed by atoms with Gasteiger partial charge < -0.3 is 15.4 Å². The fourth-order valence-electron chi connectivity index (χ4n) is 3.44. The fraction of sp³-hybridized carbons (Fsp3) is 0.320. The number of nitrogens with zero attached hydrogens (tertiary/aromatic N) is 1. The van der Waals surface area contributed by atoms with Crippen molar-refractivity contribution in [2.45, 2.75) is 39.2 Å². The van der Waals surface area contributed by atoms with Crippen LogP contribution in [0.3, 0.4) is 0 Å². The molecule has 0 atom stereocenters. The Morgan fingerprint density at radius 2 is 1.84 bits per heavy atom. The number of carbonyl (C=O) groups is 2. The standard InChI is InChI=1S/C25H27N3O3/c1-16-3-10-23-19(13-16)14-22(17(2)27-23)25(30)26-12-11-18-4-8-21(9-5-18)31-15-24(29)28-20-6-7-20/h3-5,8-10,13-14,20H,6-7,11-12,15H2,1-2H3,(H,26,30)(H,28,29). The van der Waals surface area contributed by atoms with Crippen LogP contribution in [-0.4, -0.2) is 36.0 Å². The summed E-state index contributed by atoms with van der Waals surface area (Å²) in [6.07, 6.45) is 2.83. The molecule has 6 nitrogen and oxygen atoms in total. The number of fused-ring (bicyclic) bond motifs is 1. The van der Waals surface area contributed by atoms with Gasteiger partial charge in [-0.05, 0) is 69.0 Å². The summed E-state index contributed by atoms with van der Waals surface area (Å²) in [6, 6.07) is 15.9. The van der Waals surface area contributed by atoms with Crippen LogP contribution in [0.25, 0.3) is 10.9 Å². The van der Waals surface area contributed by atoms with E-state index < -0.39 is 0 Å². The predicted molar refractivity (Wildman–Crippen MR) is 120 cm³/mol. The maximum Gasteiger partial charge on any atom is 0.258 e. The zero-order valence-electron chi connectivity index (χ0n) is 17.9. The molecular formula is C25H27N3O3. The predicted octanol–water partition coefficient (Wildman–Crippen LogP) is 3.48. The maximum atomic E-state index is 12.7. The minimum absolute atomic E-state index is 0.0323. The molecular weight excluding hydrogens is 390 g/mol. The fourth-order valence-corrected chi connectivity index (χ4v) is 3.44. The first kappa shape index (κ1) is 20.8. The summed E-state index contributed by atoms with van der Waals surface area (Å²) in [7, 11) is 0. The lowest BCUT2D eigenvalue weighted by Crippen LogP contribution is -2.30. The van der Waals surface area contributed by atoms with Crippen LogP contribution >= 0.6 is 0 Å². The smallest absolute Gasteiger partial charge is 0.258 e. The third kappa shape index (κ3) is 5.60. The Kier molecular flexibility index (Phi) is 6.16. The van der Waals surface area contributed by atoms with E-state index in [1.807, 2.05) is 62.4 Å². The van der Waals surface area contributed by atoms with Crippen molar-refractivity contribution in [3.8, 4) is 5.75 Å². The molecule has 0 aliphatic heterocycles. The summed E-state index contributed by atoms with van der Waals surface area (Å²) >= 11 is 0. The van der Waals surface area contributed by atoms with Crippen LogP contribution in [0.5, 0.6) is 5.75 Å². The molecule has 0 bridgehead atoms. The Balaban J connectivity index is 1.27. The molecule has 6 heteroatoms. The number of hydrogen-bond acceptors (Lipinski definition) is 4. The van der Waals surface area contributed by atoms with Gasteiger partial charge in [0.2, 0.25) is 0 Å². The summed E-state index contributed by atoms with van der Waals surface area (Å²) < 4.78 is 5.52. The second-order valence-corrected chi connectivity index (χ2v) is 8.10. The van der Waals surface area contributed by atoms with Gasteiger partial charge in [0.25, 0.3) is 11.8 Å². The number of aromatic nitrogens is 1. The summed E-state index contributed by atoms with van der Waals surface area (Å²) in [6.45, 7) is 4.44. The lowest BCUT2D eigenvalue weighted by Gasteiger charge is -2.10. The monoisotopic (exact) mass is 417 g/mol. The van der Waals surface area contributed by atoms with Crippen LogP contribution in [0.1, 0.15) is 40.0 Å². The molecule has 160 valence electrons. The van der Waals surface area contributed by atoms with Crippen LogP contribution in [0.4, 0.5) is 0 Å². The minimum atomic E-state index is -0.116. The SMILES string of the molecule is Cc1ccc2nc(C)c(C(=O)NCCc3ccc(OCC(=O)NC4CC4)cc3)cc2c1. The minimum Gasteiger partial charge on any atom is -0.484 e. The van der Waals surface area contributed by atoms with E-state index in [0.29, 0.717) is 30.3 Å². The lowest BCUT2D eigenvalue weighted by atomic mass is 10.1. The molecule has 0 spiro atoms. The summed E-state index contributed by atoms with van der Waals surface area (Å²) in [5, 5.41) is 6.85. The van der Waals surface area contributed by atoms with Crippen LogP contribution in [0.15, 0.2) is 48.5 Å². The second-order valence-electron chi connectivity index (χ2n) is 8.10. The Labute approximate surface area is 182 Å². The van der Waals surface area contributed by atoms with Gasteiger partial charge in [0.05, 0.1) is 16.8 Å². The van der Waals surface area contributed by atoms with Crippen LogP contribution in [0.2, 0.25) is 0 Å². The van der Waals surface area contributed by atoms with Gasteiger partial charge in [-0.1, -0.05) is 23.8 Å². The van der Waals surface area contributed by atoms with E-state index in [4.69, 9.17) is 4.74 Å². The quantitative estimate of drug-likeness (QED) is 0.588. The highest BCUT2D eigenvalue weighted by Crippen LogP contribution is 2.19.